The highest BCUT2D eigenvalue weighted by Gasteiger charge is 2.32. The van der Waals surface area contributed by atoms with Crippen molar-refractivity contribution in [1.29, 1.82) is 0 Å². The predicted octanol–water partition coefficient (Wildman–Crippen LogP) is 7.30. The van der Waals surface area contributed by atoms with Gasteiger partial charge in [-0.1, -0.05) is 112 Å². The first-order valence-electron chi connectivity index (χ1n) is 10.1. The SMILES string of the molecule is C=CCC(CCCC1CCCCC1)(c1ccccc1)c1ccccc1. The van der Waals surface area contributed by atoms with Crippen molar-refractivity contribution in [2.75, 3.05) is 0 Å². The average molecular weight is 333 g/mol. The number of benzene rings is 2. The zero-order valence-corrected chi connectivity index (χ0v) is 15.5. The van der Waals surface area contributed by atoms with Crippen molar-refractivity contribution in [3.05, 3.63) is 84.4 Å². The van der Waals surface area contributed by atoms with Crippen LogP contribution in [0.3, 0.4) is 0 Å². The Hall–Kier alpha value is -1.82. The molecule has 0 N–H and O–H groups in total. The number of rotatable bonds is 8. The van der Waals surface area contributed by atoms with Gasteiger partial charge in [-0.3, -0.25) is 0 Å². The van der Waals surface area contributed by atoms with Gasteiger partial charge in [0.05, 0.1) is 0 Å². The predicted molar refractivity (Wildman–Crippen MR) is 109 cm³/mol. The van der Waals surface area contributed by atoms with Crippen LogP contribution in [-0.2, 0) is 5.41 Å². The molecule has 0 nitrogen and oxygen atoms in total. The van der Waals surface area contributed by atoms with Gasteiger partial charge in [-0.2, -0.15) is 0 Å². The van der Waals surface area contributed by atoms with Crippen molar-refractivity contribution in [1.82, 2.24) is 0 Å². The molecule has 0 heteroatoms. The lowest BCUT2D eigenvalue weighted by molar-refractivity contribution is 0.316. The fraction of sp³-hybridized carbons (Fsp3) is 0.440. The van der Waals surface area contributed by atoms with Crippen molar-refractivity contribution < 1.29 is 0 Å². The van der Waals surface area contributed by atoms with Crippen LogP contribution in [0, 0.1) is 5.92 Å². The van der Waals surface area contributed by atoms with Crippen LogP contribution >= 0.6 is 0 Å². The summed E-state index contributed by atoms with van der Waals surface area (Å²) in [4.78, 5) is 0. The second-order valence-corrected chi connectivity index (χ2v) is 7.70. The van der Waals surface area contributed by atoms with Crippen LogP contribution in [0.15, 0.2) is 73.3 Å². The lowest BCUT2D eigenvalue weighted by Crippen LogP contribution is -2.27. The largest absolute Gasteiger partial charge is 0.103 e. The Kier molecular flexibility index (Phi) is 6.50. The topological polar surface area (TPSA) is 0 Å². The molecule has 0 spiro atoms. The first-order valence-corrected chi connectivity index (χ1v) is 10.1. The summed E-state index contributed by atoms with van der Waals surface area (Å²) in [7, 11) is 0. The van der Waals surface area contributed by atoms with E-state index in [9.17, 15) is 0 Å². The average Bonchev–Trinajstić information content (AvgIpc) is 2.69. The van der Waals surface area contributed by atoms with E-state index in [1.54, 1.807) is 0 Å². The molecule has 0 atom stereocenters. The number of hydrogen-bond acceptors (Lipinski definition) is 0. The van der Waals surface area contributed by atoms with Crippen LogP contribution in [0.25, 0.3) is 0 Å². The molecular formula is C25H32. The van der Waals surface area contributed by atoms with Crippen LogP contribution in [0.5, 0.6) is 0 Å². The van der Waals surface area contributed by atoms with E-state index in [1.807, 2.05) is 0 Å². The van der Waals surface area contributed by atoms with Gasteiger partial charge in [-0.15, -0.1) is 6.58 Å². The van der Waals surface area contributed by atoms with Crippen LogP contribution in [-0.4, -0.2) is 0 Å². The van der Waals surface area contributed by atoms with Gasteiger partial charge >= 0.3 is 0 Å². The molecule has 1 aliphatic carbocycles. The summed E-state index contributed by atoms with van der Waals surface area (Å²) in [6.45, 7) is 4.09. The van der Waals surface area contributed by atoms with Gasteiger partial charge in [0.2, 0.25) is 0 Å². The maximum Gasteiger partial charge on any atom is 0.0237 e. The molecule has 0 bridgehead atoms. The van der Waals surface area contributed by atoms with Crippen LogP contribution in [0.4, 0.5) is 0 Å². The van der Waals surface area contributed by atoms with Gasteiger partial charge in [0.1, 0.15) is 0 Å². The molecule has 0 saturated heterocycles. The molecule has 1 aliphatic rings. The molecule has 0 aliphatic heterocycles. The van der Waals surface area contributed by atoms with Crippen LogP contribution < -0.4 is 0 Å². The van der Waals surface area contributed by atoms with E-state index in [0.29, 0.717) is 0 Å². The lowest BCUT2D eigenvalue weighted by atomic mass is 9.68. The quantitative estimate of drug-likeness (QED) is 0.445. The molecule has 1 fully saturated rings. The molecule has 0 unspecified atom stereocenters. The van der Waals surface area contributed by atoms with Crippen molar-refractivity contribution in [2.45, 2.75) is 63.2 Å². The van der Waals surface area contributed by atoms with Crippen LogP contribution in [0.1, 0.15) is 68.9 Å². The maximum atomic E-state index is 4.09. The second-order valence-electron chi connectivity index (χ2n) is 7.70. The highest BCUT2D eigenvalue weighted by molar-refractivity contribution is 5.40. The van der Waals surface area contributed by atoms with E-state index >= 15 is 0 Å². The summed E-state index contributed by atoms with van der Waals surface area (Å²) in [5.74, 6) is 0.960. The Balaban J connectivity index is 1.83. The third kappa shape index (κ3) is 4.42. The molecule has 132 valence electrons. The Bertz CT molecular complexity index is 580. The molecule has 0 radical (unpaired) electrons. The summed E-state index contributed by atoms with van der Waals surface area (Å²) < 4.78 is 0. The smallest absolute Gasteiger partial charge is 0.0237 e. The molecule has 2 aromatic rings. The molecule has 3 rings (SSSR count). The van der Waals surface area contributed by atoms with Gasteiger partial charge in [0.15, 0.2) is 0 Å². The molecule has 0 amide bonds. The summed E-state index contributed by atoms with van der Waals surface area (Å²) in [5.41, 5.74) is 2.94. The van der Waals surface area contributed by atoms with E-state index < -0.39 is 0 Å². The molecule has 0 heterocycles. The third-order valence-corrected chi connectivity index (χ3v) is 6.09. The highest BCUT2D eigenvalue weighted by Crippen LogP contribution is 2.41. The van der Waals surface area contributed by atoms with Gasteiger partial charge in [-0.25, -0.2) is 0 Å². The zero-order valence-electron chi connectivity index (χ0n) is 15.5. The summed E-state index contributed by atoms with van der Waals surface area (Å²) in [5, 5.41) is 0. The molecular weight excluding hydrogens is 300 g/mol. The van der Waals surface area contributed by atoms with Gasteiger partial charge in [-0.05, 0) is 29.9 Å². The van der Waals surface area contributed by atoms with E-state index in [2.05, 4.69) is 73.3 Å². The first kappa shape index (κ1) is 18.0. The zero-order chi connectivity index (χ0) is 17.4. The number of hydrogen-bond donors (Lipinski definition) is 0. The fourth-order valence-electron chi connectivity index (χ4n) is 4.72. The maximum absolute atomic E-state index is 4.09. The Labute approximate surface area is 154 Å². The Morgan fingerprint density at radius 1 is 0.840 bits per heavy atom. The molecule has 0 aromatic heterocycles. The fourth-order valence-corrected chi connectivity index (χ4v) is 4.72. The molecule has 2 aromatic carbocycles. The lowest BCUT2D eigenvalue weighted by Gasteiger charge is -2.35. The van der Waals surface area contributed by atoms with Crippen molar-refractivity contribution in [3.63, 3.8) is 0 Å². The van der Waals surface area contributed by atoms with E-state index in [4.69, 9.17) is 0 Å². The Morgan fingerprint density at radius 3 is 1.92 bits per heavy atom. The van der Waals surface area contributed by atoms with Crippen molar-refractivity contribution in [3.8, 4) is 0 Å². The minimum absolute atomic E-state index is 0.0684. The van der Waals surface area contributed by atoms with Crippen LogP contribution in [0.2, 0.25) is 0 Å². The van der Waals surface area contributed by atoms with Gasteiger partial charge in [0, 0.05) is 5.41 Å². The summed E-state index contributed by atoms with van der Waals surface area (Å²) in [6.07, 6.45) is 14.3. The summed E-state index contributed by atoms with van der Waals surface area (Å²) >= 11 is 0. The summed E-state index contributed by atoms with van der Waals surface area (Å²) in [6, 6.07) is 22.2. The van der Waals surface area contributed by atoms with E-state index in [1.165, 1.54) is 62.5 Å². The van der Waals surface area contributed by atoms with E-state index in [0.717, 1.165) is 12.3 Å². The van der Waals surface area contributed by atoms with Crippen molar-refractivity contribution in [2.24, 2.45) is 5.92 Å². The normalized spacial score (nSPS) is 15.8. The highest BCUT2D eigenvalue weighted by atomic mass is 14.4. The van der Waals surface area contributed by atoms with E-state index in [-0.39, 0.29) is 5.41 Å². The molecule has 25 heavy (non-hydrogen) atoms. The first-order chi connectivity index (χ1) is 12.3. The molecule has 1 saturated carbocycles. The van der Waals surface area contributed by atoms with Gasteiger partial charge in [0.25, 0.3) is 0 Å². The van der Waals surface area contributed by atoms with Crippen molar-refractivity contribution >= 4 is 0 Å². The minimum Gasteiger partial charge on any atom is -0.103 e. The second kappa shape index (κ2) is 9.04. The Morgan fingerprint density at radius 2 is 1.40 bits per heavy atom. The minimum atomic E-state index is 0.0684. The standard InChI is InChI=1S/C25H32/c1-2-20-25(23-16-8-4-9-17-23,24-18-10-5-11-19-24)21-12-15-22-13-6-3-7-14-22/h2,4-5,8-11,16-19,22H,1,3,6-7,12-15,20-21H2. The van der Waals surface area contributed by atoms with Gasteiger partial charge < -0.3 is 0 Å². The monoisotopic (exact) mass is 332 g/mol. The third-order valence-electron chi connectivity index (χ3n) is 6.09. The number of allylic oxidation sites excluding steroid dienone is 1.